The Balaban J connectivity index is 1.43. The second-order valence-corrected chi connectivity index (χ2v) is 12.3. The molecule has 0 spiro atoms. The number of hydrogen-bond acceptors (Lipinski definition) is 5. The van der Waals surface area contributed by atoms with Crippen molar-refractivity contribution in [3.8, 4) is 0 Å². The van der Waals surface area contributed by atoms with Gasteiger partial charge in [-0.15, -0.1) is 0 Å². The van der Waals surface area contributed by atoms with E-state index in [1.807, 2.05) is 82.3 Å². The van der Waals surface area contributed by atoms with Crippen molar-refractivity contribution in [1.29, 1.82) is 0 Å². The van der Waals surface area contributed by atoms with Crippen LogP contribution < -0.4 is 9.21 Å². The molecule has 2 aliphatic rings. The Bertz CT molecular complexity index is 1480. The predicted molar refractivity (Wildman–Crippen MR) is 148 cm³/mol. The highest BCUT2D eigenvalue weighted by molar-refractivity contribution is 7.93. The number of ether oxygens (including phenoxy) is 1. The maximum atomic E-state index is 13.9. The largest absolute Gasteiger partial charge is 0.444 e. The number of allylic oxidation sites excluding steroid dienone is 2. The summed E-state index contributed by atoms with van der Waals surface area (Å²) in [6.45, 7) is 9.83. The van der Waals surface area contributed by atoms with E-state index in [-0.39, 0.29) is 11.0 Å². The first-order valence-electron chi connectivity index (χ1n) is 12.6. The lowest BCUT2D eigenvalue weighted by Crippen LogP contribution is -2.50. The van der Waals surface area contributed by atoms with Crippen molar-refractivity contribution in [2.45, 2.75) is 44.6 Å². The minimum atomic E-state index is -3.82. The number of nitrogens with zero attached hydrogens (tertiary/aromatic N) is 3. The summed E-state index contributed by atoms with van der Waals surface area (Å²) in [5.74, 6) is 0. The van der Waals surface area contributed by atoms with Gasteiger partial charge in [-0.1, -0.05) is 42.5 Å². The van der Waals surface area contributed by atoms with Crippen LogP contribution in [0, 0.1) is 0 Å². The zero-order valence-corrected chi connectivity index (χ0v) is 22.6. The van der Waals surface area contributed by atoms with E-state index in [0.717, 1.165) is 22.0 Å². The van der Waals surface area contributed by atoms with Crippen LogP contribution in [0.15, 0.2) is 77.3 Å². The van der Waals surface area contributed by atoms with Crippen LogP contribution in [0.1, 0.15) is 33.3 Å². The second-order valence-electron chi connectivity index (χ2n) is 10.6. The van der Waals surface area contributed by atoms with E-state index in [9.17, 15) is 13.2 Å². The lowest BCUT2D eigenvalue weighted by molar-refractivity contribution is 0.0240. The zero-order chi connectivity index (χ0) is 26.4. The molecule has 7 nitrogen and oxygen atoms in total. The van der Waals surface area contributed by atoms with Gasteiger partial charge in [0.25, 0.3) is 10.0 Å². The quantitative estimate of drug-likeness (QED) is 0.454. The minimum Gasteiger partial charge on any atom is -0.444 e. The molecule has 1 saturated heterocycles. The summed E-state index contributed by atoms with van der Waals surface area (Å²) >= 11 is 0. The first-order chi connectivity index (χ1) is 17.5. The number of amides is 1. The maximum Gasteiger partial charge on any atom is 0.410 e. The molecule has 0 saturated carbocycles. The van der Waals surface area contributed by atoms with Gasteiger partial charge >= 0.3 is 6.09 Å². The van der Waals surface area contributed by atoms with E-state index in [2.05, 4.69) is 4.90 Å². The van der Waals surface area contributed by atoms with Gasteiger partial charge in [0.1, 0.15) is 5.60 Å². The predicted octanol–water partition coefficient (Wildman–Crippen LogP) is 5.55. The molecule has 0 aliphatic carbocycles. The normalized spacial score (nSPS) is 16.4. The van der Waals surface area contributed by atoms with Gasteiger partial charge in [0.2, 0.25) is 0 Å². The van der Waals surface area contributed by atoms with Crippen molar-refractivity contribution >= 4 is 38.3 Å². The smallest absolute Gasteiger partial charge is 0.410 e. The van der Waals surface area contributed by atoms with Crippen LogP contribution in [-0.2, 0) is 21.2 Å². The average molecular weight is 520 g/mol. The molecule has 5 rings (SSSR count). The molecule has 0 aromatic heterocycles. The fourth-order valence-corrected chi connectivity index (χ4v) is 6.60. The number of carbonyl (C=O) groups is 1. The number of hydrogen-bond donors (Lipinski definition) is 0. The molecule has 2 aliphatic heterocycles. The van der Waals surface area contributed by atoms with Gasteiger partial charge in [-0.3, -0.25) is 0 Å². The first kappa shape index (κ1) is 25.1. The van der Waals surface area contributed by atoms with Crippen molar-refractivity contribution in [1.82, 2.24) is 4.90 Å². The third kappa shape index (κ3) is 4.90. The Morgan fingerprint density at radius 2 is 1.54 bits per heavy atom. The van der Waals surface area contributed by atoms with Crippen molar-refractivity contribution < 1.29 is 17.9 Å². The number of fused-ring (bicyclic) bond motifs is 2. The molecule has 0 unspecified atom stereocenters. The molecule has 0 N–H and O–H groups in total. The van der Waals surface area contributed by atoms with Gasteiger partial charge in [0, 0.05) is 43.1 Å². The van der Waals surface area contributed by atoms with Gasteiger partial charge in [-0.25, -0.2) is 17.5 Å². The third-order valence-electron chi connectivity index (χ3n) is 6.80. The fraction of sp³-hybridized carbons (Fsp3) is 0.345. The van der Waals surface area contributed by atoms with Crippen LogP contribution >= 0.6 is 0 Å². The third-order valence-corrected chi connectivity index (χ3v) is 8.61. The molecule has 1 fully saturated rings. The number of carbonyl (C=O) groups excluding carboxylic acids is 1. The van der Waals surface area contributed by atoms with E-state index in [1.54, 1.807) is 17.0 Å². The Labute approximate surface area is 219 Å². The molecule has 0 radical (unpaired) electrons. The molecule has 37 heavy (non-hydrogen) atoms. The van der Waals surface area contributed by atoms with E-state index in [1.165, 1.54) is 4.31 Å². The van der Waals surface area contributed by atoms with Gasteiger partial charge in [-0.2, -0.15) is 0 Å². The molecule has 2 heterocycles. The lowest BCUT2D eigenvalue weighted by Gasteiger charge is -2.39. The molecule has 0 bridgehead atoms. The van der Waals surface area contributed by atoms with Crippen molar-refractivity contribution in [3.05, 3.63) is 78.0 Å². The van der Waals surface area contributed by atoms with Crippen LogP contribution in [-0.4, -0.2) is 51.2 Å². The van der Waals surface area contributed by atoms with E-state index in [0.29, 0.717) is 44.0 Å². The van der Waals surface area contributed by atoms with Crippen LogP contribution in [0.3, 0.4) is 0 Å². The summed E-state index contributed by atoms with van der Waals surface area (Å²) in [6.07, 6.45) is 2.32. The highest BCUT2D eigenvalue weighted by Gasteiger charge is 2.33. The molecular formula is C29H33N3O4S. The zero-order valence-electron chi connectivity index (χ0n) is 21.8. The van der Waals surface area contributed by atoms with Crippen LogP contribution in [0.25, 0.3) is 10.8 Å². The molecular weight excluding hydrogens is 486 g/mol. The Hall–Kier alpha value is -3.52. The van der Waals surface area contributed by atoms with E-state index in [4.69, 9.17) is 4.74 Å². The Kier molecular flexibility index (Phi) is 6.40. The van der Waals surface area contributed by atoms with Crippen molar-refractivity contribution in [2.24, 2.45) is 0 Å². The minimum absolute atomic E-state index is 0.267. The number of rotatable bonds is 3. The highest BCUT2D eigenvalue weighted by Crippen LogP contribution is 2.40. The molecule has 0 atom stereocenters. The molecule has 8 heteroatoms. The molecule has 3 aromatic rings. The highest BCUT2D eigenvalue weighted by atomic mass is 32.2. The summed E-state index contributed by atoms with van der Waals surface area (Å²) in [4.78, 5) is 16.7. The fourth-order valence-electron chi connectivity index (χ4n) is 4.99. The SMILES string of the molecule is CC1=CCc2c(N3CCN(C(=O)OC(C)(C)C)CC3)cccc2N1S(=O)(=O)c1ccc2ccccc2c1. The van der Waals surface area contributed by atoms with Gasteiger partial charge in [0.05, 0.1) is 10.6 Å². The van der Waals surface area contributed by atoms with E-state index >= 15 is 0 Å². The van der Waals surface area contributed by atoms with Crippen LogP contribution in [0.2, 0.25) is 0 Å². The monoisotopic (exact) mass is 519 g/mol. The standard InChI is InChI=1S/C29H33N3O4S/c1-21-12-15-25-26(30-16-18-31(19-17-30)28(33)36-29(2,3)4)10-7-11-27(25)32(21)37(34,35)24-14-13-22-8-5-6-9-23(22)20-24/h5-14,20H,15-19H2,1-4H3. The number of sulfonamides is 1. The summed E-state index contributed by atoms with van der Waals surface area (Å²) in [5.41, 5.74) is 2.82. The molecule has 194 valence electrons. The first-order valence-corrected chi connectivity index (χ1v) is 14.0. The average Bonchev–Trinajstić information content (AvgIpc) is 2.86. The summed E-state index contributed by atoms with van der Waals surface area (Å²) in [7, 11) is -3.82. The number of benzene rings is 3. The topological polar surface area (TPSA) is 70.2 Å². The maximum absolute atomic E-state index is 13.9. The second kappa shape index (κ2) is 9.41. The summed E-state index contributed by atoms with van der Waals surface area (Å²) in [6, 6.07) is 18.9. The lowest BCUT2D eigenvalue weighted by atomic mass is 10.0. The van der Waals surface area contributed by atoms with E-state index < -0.39 is 15.6 Å². The van der Waals surface area contributed by atoms with Gasteiger partial charge in [0.15, 0.2) is 0 Å². The van der Waals surface area contributed by atoms with Crippen molar-refractivity contribution in [3.63, 3.8) is 0 Å². The van der Waals surface area contributed by atoms with Crippen LogP contribution in [0.4, 0.5) is 16.2 Å². The Morgan fingerprint density at radius 1 is 0.865 bits per heavy atom. The van der Waals surface area contributed by atoms with Gasteiger partial charge in [-0.05, 0) is 69.2 Å². The Morgan fingerprint density at radius 3 is 2.24 bits per heavy atom. The molecule has 1 amide bonds. The summed E-state index contributed by atoms with van der Waals surface area (Å²) < 4.78 is 34.9. The number of piperazine rings is 1. The number of anilines is 2. The summed E-state index contributed by atoms with van der Waals surface area (Å²) in [5, 5.41) is 1.89. The van der Waals surface area contributed by atoms with Gasteiger partial charge < -0.3 is 14.5 Å². The van der Waals surface area contributed by atoms with Crippen LogP contribution in [0.5, 0.6) is 0 Å². The molecule has 3 aromatic carbocycles. The van der Waals surface area contributed by atoms with Crippen molar-refractivity contribution in [2.75, 3.05) is 35.4 Å².